The molecular weight excluding hydrogens is 263 g/mol. The highest BCUT2D eigenvalue weighted by Crippen LogP contribution is 2.14. The molecule has 0 radical (unpaired) electrons. The maximum absolute atomic E-state index is 5.91. The van der Waals surface area contributed by atoms with Crippen LogP contribution in [0.3, 0.4) is 0 Å². The van der Waals surface area contributed by atoms with E-state index in [1.54, 1.807) is 0 Å². The third kappa shape index (κ3) is 2.71. The lowest BCUT2D eigenvalue weighted by Crippen LogP contribution is -2.09. The molecule has 1 atom stereocenters. The van der Waals surface area contributed by atoms with Crippen LogP contribution >= 0.6 is 22.6 Å². The van der Waals surface area contributed by atoms with E-state index in [9.17, 15) is 0 Å². The summed E-state index contributed by atoms with van der Waals surface area (Å²) in [6, 6.07) is 4.19. The van der Waals surface area contributed by atoms with Gasteiger partial charge in [0, 0.05) is 12.2 Å². The molecule has 0 fully saturated rings. The first-order chi connectivity index (χ1) is 5.74. The van der Waals surface area contributed by atoms with Crippen LogP contribution in [0, 0.1) is 3.70 Å². The molecule has 1 rings (SSSR count). The highest BCUT2D eigenvalue weighted by atomic mass is 127. The molecule has 1 heterocycles. The minimum absolute atomic E-state index is 0.152. The van der Waals surface area contributed by atoms with Gasteiger partial charge in [-0.25, -0.2) is 4.98 Å². The second-order valence-corrected chi connectivity index (χ2v) is 3.91. The molecule has 0 saturated carbocycles. The van der Waals surface area contributed by atoms with Gasteiger partial charge < -0.3 is 5.73 Å². The van der Waals surface area contributed by atoms with Gasteiger partial charge in [-0.15, -0.1) is 0 Å². The summed E-state index contributed by atoms with van der Waals surface area (Å²) in [6.07, 6.45) is 4.01. The van der Waals surface area contributed by atoms with E-state index in [1.807, 2.05) is 12.3 Å². The smallest absolute Gasteiger partial charge is 0.101 e. The molecule has 0 aliphatic rings. The van der Waals surface area contributed by atoms with Crippen LogP contribution in [-0.4, -0.2) is 4.98 Å². The Kier molecular flexibility index (Phi) is 3.94. The molecule has 0 aromatic carbocycles. The highest BCUT2D eigenvalue weighted by molar-refractivity contribution is 14.1. The maximum atomic E-state index is 5.91. The fourth-order valence-electron chi connectivity index (χ4n) is 1.08. The molecule has 0 saturated heterocycles. The van der Waals surface area contributed by atoms with Crippen molar-refractivity contribution in [2.75, 3.05) is 0 Å². The molecule has 0 amide bonds. The van der Waals surface area contributed by atoms with E-state index in [0.29, 0.717) is 0 Å². The summed E-state index contributed by atoms with van der Waals surface area (Å²) < 4.78 is 1.01. The van der Waals surface area contributed by atoms with Gasteiger partial charge in [0.2, 0.25) is 0 Å². The second kappa shape index (κ2) is 4.77. The SMILES string of the molecule is CCC[C@@H](N)c1ccc(I)nc1. The van der Waals surface area contributed by atoms with Gasteiger partial charge in [-0.3, -0.25) is 0 Å². The van der Waals surface area contributed by atoms with Gasteiger partial charge in [-0.05, 0) is 40.6 Å². The van der Waals surface area contributed by atoms with Crippen molar-refractivity contribution in [3.05, 3.63) is 27.6 Å². The van der Waals surface area contributed by atoms with Crippen LogP contribution in [0.25, 0.3) is 0 Å². The fourth-order valence-corrected chi connectivity index (χ4v) is 1.40. The molecule has 0 aliphatic carbocycles. The summed E-state index contributed by atoms with van der Waals surface area (Å²) in [6.45, 7) is 2.14. The molecule has 1 aromatic heterocycles. The Balaban J connectivity index is 2.68. The Morgan fingerprint density at radius 3 is 2.83 bits per heavy atom. The van der Waals surface area contributed by atoms with Crippen molar-refractivity contribution in [3.8, 4) is 0 Å². The van der Waals surface area contributed by atoms with E-state index in [2.05, 4.69) is 40.6 Å². The van der Waals surface area contributed by atoms with E-state index in [1.165, 1.54) is 0 Å². The minimum atomic E-state index is 0.152. The van der Waals surface area contributed by atoms with Crippen molar-refractivity contribution in [2.45, 2.75) is 25.8 Å². The number of hydrogen-bond donors (Lipinski definition) is 1. The van der Waals surface area contributed by atoms with Crippen molar-refractivity contribution >= 4 is 22.6 Å². The Morgan fingerprint density at radius 2 is 2.33 bits per heavy atom. The van der Waals surface area contributed by atoms with Gasteiger partial charge >= 0.3 is 0 Å². The first-order valence-electron chi connectivity index (χ1n) is 4.11. The Morgan fingerprint density at radius 1 is 1.58 bits per heavy atom. The predicted octanol–water partition coefficient (Wildman–Crippen LogP) is 2.49. The molecular formula is C9H13IN2. The second-order valence-electron chi connectivity index (χ2n) is 2.81. The average Bonchev–Trinajstić information content (AvgIpc) is 2.06. The number of halogens is 1. The summed E-state index contributed by atoms with van der Waals surface area (Å²) in [7, 11) is 0. The van der Waals surface area contributed by atoms with Gasteiger partial charge in [0.25, 0.3) is 0 Å². The van der Waals surface area contributed by atoms with E-state index in [-0.39, 0.29) is 6.04 Å². The van der Waals surface area contributed by atoms with Crippen molar-refractivity contribution in [1.82, 2.24) is 4.98 Å². The third-order valence-corrected chi connectivity index (χ3v) is 2.42. The van der Waals surface area contributed by atoms with Crippen LogP contribution in [0.15, 0.2) is 18.3 Å². The Labute approximate surface area is 86.7 Å². The summed E-state index contributed by atoms with van der Waals surface area (Å²) in [5.41, 5.74) is 7.05. The van der Waals surface area contributed by atoms with E-state index in [0.717, 1.165) is 22.1 Å². The van der Waals surface area contributed by atoms with E-state index >= 15 is 0 Å². The lowest BCUT2D eigenvalue weighted by molar-refractivity contribution is 0.636. The first kappa shape index (κ1) is 9.92. The monoisotopic (exact) mass is 276 g/mol. The molecule has 0 unspecified atom stereocenters. The minimum Gasteiger partial charge on any atom is -0.324 e. The number of nitrogens with zero attached hydrogens (tertiary/aromatic N) is 1. The topological polar surface area (TPSA) is 38.9 Å². The molecule has 0 spiro atoms. The zero-order valence-electron chi connectivity index (χ0n) is 7.13. The molecule has 0 aliphatic heterocycles. The fraction of sp³-hybridized carbons (Fsp3) is 0.444. The molecule has 12 heavy (non-hydrogen) atoms. The summed E-state index contributed by atoms with van der Waals surface area (Å²) in [4.78, 5) is 4.19. The number of pyridine rings is 1. The van der Waals surface area contributed by atoms with Gasteiger partial charge in [-0.2, -0.15) is 0 Å². The van der Waals surface area contributed by atoms with Crippen molar-refractivity contribution in [1.29, 1.82) is 0 Å². The van der Waals surface area contributed by atoms with Gasteiger partial charge in [0.1, 0.15) is 3.70 Å². The molecule has 0 bridgehead atoms. The zero-order chi connectivity index (χ0) is 8.97. The summed E-state index contributed by atoms with van der Waals surface area (Å²) >= 11 is 2.19. The normalized spacial score (nSPS) is 12.9. The van der Waals surface area contributed by atoms with Crippen LogP contribution in [0.4, 0.5) is 0 Å². The van der Waals surface area contributed by atoms with E-state index in [4.69, 9.17) is 5.73 Å². The number of aromatic nitrogens is 1. The predicted molar refractivity (Wildman–Crippen MR) is 58.8 cm³/mol. The Hall–Kier alpha value is -0.160. The quantitative estimate of drug-likeness (QED) is 0.680. The first-order valence-corrected chi connectivity index (χ1v) is 5.19. The standard InChI is InChI=1S/C9H13IN2/c1-2-3-8(11)7-4-5-9(10)12-6-7/h4-6,8H,2-3,11H2,1H3/t8-/m1/s1. The van der Waals surface area contributed by atoms with Crippen LogP contribution < -0.4 is 5.73 Å². The van der Waals surface area contributed by atoms with Crippen LogP contribution in [0.1, 0.15) is 31.4 Å². The van der Waals surface area contributed by atoms with Crippen LogP contribution in [0.2, 0.25) is 0 Å². The van der Waals surface area contributed by atoms with Gasteiger partial charge in [0.15, 0.2) is 0 Å². The molecule has 2 nitrogen and oxygen atoms in total. The van der Waals surface area contributed by atoms with E-state index < -0.39 is 0 Å². The van der Waals surface area contributed by atoms with Crippen molar-refractivity contribution < 1.29 is 0 Å². The number of nitrogens with two attached hydrogens (primary N) is 1. The van der Waals surface area contributed by atoms with Crippen molar-refractivity contribution in [2.24, 2.45) is 5.73 Å². The number of hydrogen-bond acceptors (Lipinski definition) is 2. The molecule has 1 aromatic rings. The van der Waals surface area contributed by atoms with Gasteiger partial charge in [0.05, 0.1) is 0 Å². The van der Waals surface area contributed by atoms with Crippen LogP contribution in [0.5, 0.6) is 0 Å². The van der Waals surface area contributed by atoms with Crippen LogP contribution in [-0.2, 0) is 0 Å². The summed E-state index contributed by atoms with van der Waals surface area (Å²) in [5, 5.41) is 0. The maximum Gasteiger partial charge on any atom is 0.101 e. The zero-order valence-corrected chi connectivity index (χ0v) is 9.28. The molecule has 3 heteroatoms. The van der Waals surface area contributed by atoms with Gasteiger partial charge in [-0.1, -0.05) is 19.4 Å². The number of rotatable bonds is 3. The molecule has 66 valence electrons. The Bertz CT molecular complexity index is 233. The lowest BCUT2D eigenvalue weighted by Gasteiger charge is -2.09. The largest absolute Gasteiger partial charge is 0.324 e. The lowest BCUT2D eigenvalue weighted by atomic mass is 10.1. The van der Waals surface area contributed by atoms with Crippen molar-refractivity contribution in [3.63, 3.8) is 0 Å². The molecule has 2 N–H and O–H groups in total. The highest BCUT2D eigenvalue weighted by Gasteiger charge is 2.03. The summed E-state index contributed by atoms with van der Waals surface area (Å²) in [5.74, 6) is 0. The third-order valence-electron chi connectivity index (χ3n) is 1.78. The average molecular weight is 276 g/mol.